The van der Waals surface area contributed by atoms with E-state index in [1.54, 1.807) is 42.5 Å². The van der Waals surface area contributed by atoms with Crippen molar-refractivity contribution in [3.8, 4) is 0 Å². The lowest BCUT2D eigenvalue weighted by Gasteiger charge is -2.39. The van der Waals surface area contributed by atoms with E-state index in [2.05, 4.69) is 9.97 Å². The van der Waals surface area contributed by atoms with E-state index < -0.39 is 5.54 Å². The molecule has 1 atom stereocenters. The van der Waals surface area contributed by atoms with Gasteiger partial charge in [0, 0.05) is 39.5 Å². The maximum absolute atomic E-state index is 13.0. The summed E-state index contributed by atoms with van der Waals surface area (Å²) in [6.45, 7) is 0.613. The van der Waals surface area contributed by atoms with Crippen LogP contribution in [0.2, 0.25) is 0 Å². The number of likely N-dealkylation sites (tertiary alicyclic amines) is 1. The van der Waals surface area contributed by atoms with Gasteiger partial charge >= 0.3 is 0 Å². The molecule has 1 aromatic heterocycles. The summed E-state index contributed by atoms with van der Waals surface area (Å²) in [5, 5.41) is 0. The van der Waals surface area contributed by atoms with Gasteiger partial charge in [-0.05, 0) is 31.6 Å². The summed E-state index contributed by atoms with van der Waals surface area (Å²) in [5.41, 5.74) is -0.406. The molecular formula is C17H24N4O2. The number of amides is 2. The summed E-state index contributed by atoms with van der Waals surface area (Å²) in [6.07, 6.45) is 10.2. The van der Waals surface area contributed by atoms with E-state index in [0.29, 0.717) is 31.0 Å². The predicted molar refractivity (Wildman–Crippen MR) is 85.3 cm³/mol. The van der Waals surface area contributed by atoms with Gasteiger partial charge in [-0.15, -0.1) is 0 Å². The van der Waals surface area contributed by atoms with Gasteiger partial charge in [-0.3, -0.25) is 19.6 Å². The minimum atomic E-state index is -0.988. The lowest BCUT2D eigenvalue weighted by Crippen LogP contribution is -2.55. The molecule has 0 N–H and O–H groups in total. The molecule has 0 bridgehead atoms. The molecule has 1 aliphatic carbocycles. The fourth-order valence-electron chi connectivity index (χ4n) is 3.69. The third-order valence-corrected chi connectivity index (χ3v) is 5.12. The number of rotatable bonds is 4. The lowest BCUT2D eigenvalue weighted by molar-refractivity contribution is -0.151. The molecule has 1 aliphatic heterocycles. The molecule has 6 heteroatoms. The molecule has 0 aromatic carbocycles. The van der Waals surface area contributed by atoms with E-state index in [9.17, 15) is 9.59 Å². The highest BCUT2D eigenvalue weighted by molar-refractivity contribution is 5.92. The molecule has 0 spiro atoms. The number of aromatic nitrogens is 2. The average molecular weight is 316 g/mol. The third kappa shape index (κ3) is 2.71. The van der Waals surface area contributed by atoms with Gasteiger partial charge in [0.15, 0.2) is 5.54 Å². The second-order valence-corrected chi connectivity index (χ2v) is 6.80. The zero-order valence-electron chi connectivity index (χ0n) is 13.9. The van der Waals surface area contributed by atoms with Gasteiger partial charge in [-0.2, -0.15) is 0 Å². The van der Waals surface area contributed by atoms with Crippen LogP contribution in [0.15, 0.2) is 18.6 Å². The molecule has 2 amide bonds. The highest BCUT2D eigenvalue weighted by atomic mass is 16.2. The SMILES string of the molecule is CN(C)C(=O)[C@@]1(c2cnccn2)CCCN1C(=O)CC1CCC1. The van der Waals surface area contributed by atoms with Crippen molar-refractivity contribution < 1.29 is 9.59 Å². The number of likely N-dealkylation sites (N-methyl/N-ethyl adjacent to an activating group) is 1. The van der Waals surface area contributed by atoms with E-state index in [1.165, 1.54) is 6.42 Å². The number of hydrogen-bond acceptors (Lipinski definition) is 4. The van der Waals surface area contributed by atoms with Crippen molar-refractivity contribution in [2.24, 2.45) is 5.92 Å². The number of carbonyl (C=O) groups is 2. The third-order valence-electron chi connectivity index (χ3n) is 5.12. The topological polar surface area (TPSA) is 66.4 Å². The van der Waals surface area contributed by atoms with Gasteiger partial charge in [0.1, 0.15) is 0 Å². The Labute approximate surface area is 136 Å². The van der Waals surface area contributed by atoms with Crippen LogP contribution in [0.3, 0.4) is 0 Å². The number of carbonyl (C=O) groups excluding carboxylic acids is 2. The fraction of sp³-hybridized carbons (Fsp3) is 0.647. The Bertz CT molecular complexity index is 586. The van der Waals surface area contributed by atoms with Gasteiger partial charge in [-0.25, -0.2) is 0 Å². The summed E-state index contributed by atoms with van der Waals surface area (Å²) >= 11 is 0. The van der Waals surface area contributed by atoms with Crippen molar-refractivity contribution in [2.75, 3.05) is 20.6 Å². The summed E-state index contributed by atoms with van der Waals surface area (Å²) in [7, 11) is 3.46. The van der Waals surface area contributed by atoms with E-state index in [0.717, 1.165) is 19.3 Å². The van der Waals surface area contributed by atoms with E-state index in [4.69, 9.17) is 0 Å². The smallest absolute Gasteiger partial charge is 0.254 e. The molecule has 1 saturated heterocycles. The van der Waals surface area contributed by atoms with Crippen molar-refractivity contribution in [1.82, 2.24) is 19.8 Å². The van der Waals surface area contributed by atoms with Crippen molar-refractivity contribution in [3.63, 3.8) is 0 Å². The van der Waals surface area contributed by atoms with Crippen molar-refractivity contribution in [1.29, 1.82) is 0 Å². The van der Waals surface area contributed by atoms with Crippen molar-refractivity contribution in [2.45, 2.75) is 44.1 Å². The maximum atomic E-state index is 13.0. The Morgan fingerprint density at radius 1 is 1.30 bits per heavy atom. The largest absolute Gasteiger partial charge is 0.346 e. The second kappa shape index (κ2) is 6.26. The Morgan fingerprint density at radius 2 is 2.09 bits per heavy atom. The molecule has 23 heavy (non-hydrogen) atoms. The van der Waals surface area contributed by atoms with Gasteiger partial charge in [0.2, 0.25) is 5.91 Å². The highest BCUT2D eigenvalue weighted by Crippen LogP contribution is 2.41. The van der Waals surface area contributed by atoms with E-state index in [1.807, 2.05) is 0 Å². The van der Waals surface area contributed by atoms with Crippen LogP contribution in [0.1, 0.15) is 44.2 Å². The van der Waals surface area contributed by atoms with Crippen LogP contribution in [-0.2, 0) is 15.1 Å². The normalized spacial score (nSPS) is 24.3. The molecule has 2 fully saturated rings. The summed E-state index contributed by atoms with van der Waals surface area (Å²) in [6, 6.07) is 0. The first-order valence-electron chi connectivity index (χ1n) is 8.34. The lowest BCUT2D eigenvalue weighted by atomic mass is 9.82. The van der Waals surface area contributed by atoms with Crippen LogP contribution < -0.4 is 0 Å². The van der Waals surface area contributed by atoms with Gasteiger partial charge in [-0.1, -0.05) is 6.42 Å². The Morgan fingerprint density at radius 3 is 2.65 bits per heavy atom. The first-order chi connectivity index (χ1) is 11.1. The molecular weight excluding hydrogens is 292 g/mol. The van der Waals surface area contributed by atoms with Crippen LogP contribution in [0.4, 0.5) is 0 Å². The van der Waals surface area contributed by atoms with Crippen LogP contribution >= 0.6 is 0 Å². The molecule has 3 rings (SSSR count). The number of hydrogen-bond donors (Lipinski definition) is 0. The second-order valence-electron chi connectivity index (χ2n) is 6.80. The zero-order chi connectivity index (χ0) is 16.4. The van der Waals surface area contributed by atoms with E-state index >= 15 is 0 Å². The van der Waals surface area contributed by atoms with Crippen molar-refractivity contribution >= 4 is 11.8 Å². The summed E-state index contributed by atoms with van der Waals surface area (Å²) in [4.78, 5) is 37.7. The first-order valence-corrected chi connectivity index (χ1v) is 8.34. The van der Waals surface area contributed by atoms with Crippen molar-refractivity contribution in [3.05, 3.63) is 24.3 Å². The Hall–Kier alpha value is -1.98. The Balaban J connectivity index is 1.96. The Kier molecular flexibility index (Phi) is 4.33. The number of nitrogens with zero attached hydrogens (tertiary/aromatic N) is 4. The standard InChI is InChI=1S/C17H24N4O2/c1-20(2)16(23)17(14-12-18-8-9-19-14)7-4-10-21(17)15(22)11-13-5-3-6-13/h8-9,12-13H,3-7,10-11H2,1-2H3/t17-/m0/s1. The van der Waals surface area contributed by atoms with Crippen LogP contribution in [-0.4, -0.2) is 52.2 Å². The molecule has 0 unspecified atom stereocenters. The van der Waals surface area contributed by atoms with Gasteiger partial charge < -0.3 is 9.80 Å². The maximum Gasteiger partial charge on any atom is 0.254 e. The molecule has 2 heterocycles. The minimum Gasteiger partial charge on any atom is -0.346 e. The molecule has 6 nitrogen and oxygen atoms in total. The molecule has 124 valence electrons. The summed E-state index contributed by atoms with van der Waals surface area (Å²) < 4.78 is 0. The van der Waals surface area contributed by atoms with Gasteiger partial charge in [0.05, 0.1) is 11.9 Å². The average Bonchev–Trinajstić information content (AvgIpc) is 2.96. The quantitative estimate of drug-likeness (QED) is 0.846. The molecule has 1 aromatic rings. The zero-order valence-corrected chi connectivity index (χ0v) is 13.9. The minimum absolute atomic E-state index is 0.0769. The highest BCUT2D eigenvalue weighted by Gasteiger charge is 2.53. The summed E-state index contributed by atoms with van der Waals surface area (Å²) in [5.74, 6) is 0.475. The van der Waals surface area contributed by atoms with E-state index in [-0.39, 0.29) is 11.8 Å². The van der Waals surface area contributed by atoms with Crippen LogP contribution in [0.25, 0.3) is 0 Å². The monoisotopic (exact) mass is 316 g/mol. The molecule has 2 aliphatic rings. The fourth-order valence-corrected chi connectivity index (χ4v) is 3.69. The van der Waals surface area contributed by atoms with Gasteiger partial charge in [0.25, 0.3) is 5.91 Å². The predicted octanol–water partition coefficient (Wildman–Crippen LogP) is 1.57. The van der Waals surface area contributed by atoms with Crippen LogP contribution in [0.5, 0.6) is 0 Å². The van der Waals surface area contributed by atoms with Crippen LogP contribution in [0, 0.1) is 5.92 Å². The molecule has 0 radical (unpaired) electrons. The molecule has 1 saturated carbocycles. The first kappa shape index (κ1) is 15.9.